The number of rotatable bonds is 5. The maximum atomic E-state index is 13.0. The Morgan fingerprint density at radius 1 is 1.32 bits per heavy atom. The van der Waals surface area contributed by atoms with Crippen molar-refractivity contribution in [3.63, 3.8) is 0 Å². The van der Waals surface area contributed by atoms with Crippen LogP contribution in [0.2, 0.25) is 0 Å². The third-order valence-corrected chi connectivity index (χ3v) is 4.51. The summed E-state index contributed by atoms with van der Waals surface area (Å²) in [5, 5.41) is 4.36. The Balaban J connectivity index is 1.90. The molecule has 1 amide bonds. The molecule has 3 rings (SSSR count). The molecule has 2 heterocycles. The van der Waals surface area contributed by atoms with Gasteiger partial charge in [-0.1, -0.05) is 37.3 Å². The van der Waals surface area contributed by atoms with Crippen LogP contribution in [0.1, 0.15) is 54.3 Å². The molecule has 22 heavy (non-hydrogen) atoms. The first-order chi connectivity index (χ1) is 10.8. The lowest BCUT2D eigenvalue weighted by Gasteiger charge is -2.30. The number of hydrogen-bond acceptors (Lipinski definition) is 2. The van der Waals surface area contributed by atoms with Crippen LogP contribution < -0.4 is 0 Å². The van der Waals surface area contributed by atoms with Gasteiger partial charge in [0.1, 0.15) is 0 Å². The number of aryl methyl sites for hydroxylation is 1. The lowest BCUT2D eigenvalue weighted by Crippen LogP contribution is -2.35. The molecule has 0 bridgehead atoms. The van der Waals surface area contributed by atoms with Crippen LogP contribution in [0.15, 0.2) is 36.5 Å². The summed E-state index contributed by atoms with van der Waals surface area (Å²) in [6.07, 6.45) is 4.70. The second-order valence-corrected chi connectivity index (χ2v) is 5.76. The van der Waals surface area contributed by atoms with Gasteiger partial charge in [0.05, 0.1) is 23.5 Å². The van der Waals surface area contributed by atoms with Gasteiger partial charge in [-0.05, 0) is 31.7 Å². The summed E-state index contributed by atoms with van der Waals surface area (Å²) in [6, 6.07) is 10.4. The molecule has 116 valence electrons. The van der Waals surface area contributed by atoms with Crippen LogP contribution in [0, 0.1) is 0 Å². The van der Waals surface area contributed by atoms with Gasteiger partial charge in [-0.15, -0.1) is 0 Å². The lowest BCUT2D eigenvalue weighted by molar-refractivity contribution is 0.0681. The summed E-state index contributed by atoms with van der Waals surface area (Å²) in [4.78, 5) is 15.0. The average Bonchev–Trinajstić information content (AvgIpc) is 3.15. The molecule has 1 unspecified atom stereocenters. The van der Waals surface area contributed by atoms with Crippen LogP contribution in [0.5, 0.6) is 0 Å². The quantitative estimate of drug-likeness (QED) is 0.848. The topological polar surface area (TPSA) is 38.1 Å². The highest BCUT2D eigenvalue weighted by atomic mass is 16.2. The number of hydrogen-bond donors (Lipinski definition) is 0. The number of carbonyl (C=O) groups excluding carboxylic acids is 1. The number of nitrogens with zero attached hydrogens (tertiary/aromatic N) is 3. The molecule has 4 nitrogen and oxygen atoms in total. The third kappa shape index (κ3) is 2.54. The van der Waals surface area contributed by atoms with Crippen molar-refractivity contribution in [1.29, 1.82) is 0 Å². The van der Waals surface area contributed by atoms with Crippen molar-refractivity contribution in [2.24, 2.45) is 0 Å². The summed E-state index contributed by atoms with van der Waals surface area (Å²) in [7, 11) is 0. The summed E-state index contributed by atoms with van der Waals surface area (Å²) in [5.41, 5.74) is 3.09. The van der Waals surface area contributed by atoms with E-state index < -0.39 is 0 Å². The van der Waals surface area contributed by atoms with Gasteiger partial charge in [0.25, 0.3) is 5.91 Å². The van der Waals surface area contributed by atoms with Crippen molar-refractivity contribution < 1.29 is 4.79 Å². The second-order valence-electron chi connectivity index (χ2n) is 5.76. The summed E-state index contributed by atoms with van der Waals surface area (Å²) in [5.74, 6) is 0.112. The maximum Gasteiger partial charge on any atom is 0.257 e. The van der Waals surface area contributed by atoms with Gasteiger partial charge in [-0.3, -0.25) is 9.48 Å². The SMILES string of the molecule is CCC(c1ccccc1)N(CC)C(=O)c1cnn2c1CCC2. The molecule has 1 atom stereocenters. The van der Waals surface area contributed by atoms with E-state index in [0.29, 0.717) is 6.54 Å². The number of aromatic nitrogens is 2. The van der Waals surface area contributed by atoms with E-state index in [4.69, 9.17) is 0 Å². The van der Waals surface area contributed by atoms with E-state index >= 15 is 0 Å². The fourth-order valence-corrected chi connectivity index (χ4v) is 3.41. The molecule has 0 aliphatic carbocycles. The number of amides is 1. The smallest absolute Gasteiger partial charge is 0.257 e. The Morgan fingerprint density at radius 3 is 2.77 bits per heavy atom. The highest BCUT2D eigenvalue weighted by Crippen LogP contribution is 2.27. The van der Waals surface area contributed by atoms with Crippen LogP contribution in [0.4, 0.5) is 0 Å². The van der Waals surface area contributed by atoms with Crippen LogP contribution in [0.25, 0.3) is 0 Å². The Hall–Kier alpha value is -2.10. The zero-order valence-corrected chi connectivity index (χ0v) is 13.3. The van der Waals surface area contributed by atoms with Gasteiger partial charge in [0.15, 0.2) is 0 Å². The largest absolute Gasteiger partial charge is 0.332 e. The van der Waals surface area contributed by atoms with E-state index in [9.17, 15) is 4.79 Å². The molecule has 0 N–H and O–H groups in total. The Bertz CT molecular complexity index is 648. The maximum absolute atomic E-state index is 13.0. The minimum Gasteiger partial charge on any atom is -0.332 e. The first kappa shape index (κ1) is 14.8. The predicted molar refractivity (Wildman–Crippen MR) is 86.7 cm³/mol. The van der Waals surface area contributed by atoms with Crippen molar-refractivity contribution in [3.05, 3.63) is 53.3 Å². The Labute approximate surface area is 131 Å². The van der Waals surface area contributed by atoms with Crippen molar-refractivity contribution in [3.8, 4) is 0 Å². The first-order valence-electron chi connectivity index (χ1n) is 8.16. The van der Waals surface area contributed by atoms with Gasteiger partial charge in [0.2, 0.25) is 0 Å². The van der Waals surface area contributed by atoms with Crippen molar-refractivity contribution in [2.45, 2.75) is 45.7 Å². The monoisotopic (exact) mass is 297 g/mol. The zero-order valence-electron chi connectivity index (χ0n) is 13.3. The van der Waals surface area contributed by atoms with Gasteiger partial charge >= 0.3 is 0 Å². The average molecular weight is 297 g/mol. The van der Waals surface area contributed by atoms with Gasteiger partial charge in [-0.25, -0.2) is 0 Å². The van der Waals surface area contributed by atoms with Crippen molar-refractivity contribution in [1.82, 2.24) is 14.7 Å². The summed E-state index contributed by atoms with van der Waals surface area (Å²) in [6.45, 7) is 5.82. The molecular weight excluding hydrogens is 274 g/mol. The van der Waals surface area contributed by atoms with E-state index in [1.54, 1.807) is 6.20 Å². The second kappa shape index (κ2) is 6.34. The van der Waals surface area contributed by atoms with Crippen LogP contribution in [-0.2, 0) is 13.0 Å². The molecule has 2 aromatic rings. The number of fused-ring (bicyclic) bond motifs is 1. The normalized spacial score (nSPS) is 14.6. The molecule has 0 saturated heterocycles. The van der Waals surface area contributed by atoms with Crippen LogP contribution >= 0.6 is 0 Å². The number of carbonyl (C=O) groups is 1. The van der Waals surface area contributed by atoms with E-state index in [1.165, 1.54) is 5.56 Å². The minimum absolute atomic E-state index is 0.112. The molecule has 1 aromatic carbocycles. The number of benzene rings is 1. The van der Waals surface area contributed by atoms with Gasteiger partial charge in [0, 0.05) is 13.1 Å². The molecule has 1 aliphatic rings. The molecule has 1 aliphatic heterocycles. The molecule has 4 heteroatoms. The summed E-state index contributed by atoms with van der Waals surface area (Å²) >= 11 is 0. The highest BCUT2D eigenvalue weighted by molar-refractivity contribution is 5.95. The fraction of sp³-hybridized carbons (Fsp3) is 0.444. The van der Waals surface area contributed by atoms with E-state index in [1.807, 2.05) is 34.7 Å². The van der Waals surface area contributed by atoms with Crippen molar-refractivity contribution in [2.75, 3.05) is 6.54 Å². The third-order valence-electron chi connectivity index (χ3n) is 4.51. The molecule has 0 spiro atoms. The summed E-state index contributed by atoms with van der Waals surface area (Å²) < 4.78 is 1.98. The van der Waals surface area contributed by atoms with Crippen LogP contribution in [-0.4, -0.2) is 27.1 Å². The van der Waals surface area contributed by atoms with Gasteiger partial charge in [-0.2, -0.15) is 5.10 Å². The van der Waals surface area contributed by atoms with Crippen LogP contribution in [0.3, 0.4) is 0 Å². The minimum atomic E-state index is 0.112. The van der Waals surface area contributed by atoms with E-state index in [-0.39, 0.29) is 11.9 Å². The lowest BCUT2D eigenvalue weighted by atomic mass is 10.0. The molecule has 1 aromatic heterocycles. The predicted octanol–water partition coefficient (Wildman–Crippen LogP) is 3.44. The van der Waals surface area contributed by atoms with E-state index in [2.05, 4.69) is 24.2 Å². The standard InChI is InChI=1S/C18H23N3O/c1-3-16(14-9-6-5-7-10-14)20(4-2)18(22)15-13-19-21-12-8-11-17(15)21/h5-7,9-10,13,16H,3-4,8,11-12H2,1-2H3. The highest BCUT2D eigenvalue weighted by Gasteiger charge is 2.28. The van der Waals surface area contributed by atoms with E-state index in [0.717, 1.165) is 37.1 Å². The Kier molecular flexibility index (Phi) is 4.27. The molecule has 0 fully saturated rings. The van der Waals surface area contributed by atoms with Gasteiger partial charge < -0.3 is 4.90 Å². The Morgan fingerprint density at radius 2 is 2.09 bits per heavy atom. The fourth-order valence-electron chi connectivity index (χ4n) is 3.41. The molecule has 0 radical (unpaired) electrons. The first-order valence-corrected chi connectivity index (χ1v) is 8.16. The van der Waals surface area contributed by atoms with Crippen molar-refractivity contribution >= 4 is 5.91 Å². The molecule has 0 saturated carbocycles. The molecular formula is C18H23N3O. The zero-order chi connectivity index (χ0) is 15.5.